The molecule has 0 N–H and O–H groups in total. The van der Waals surface area contributed by atoms with Gasteiger partial charge in [0.15, 0.2) is 11.6 Å². The minimum atomic E-state index is -0.604. The zero-order valence-electron chi connectivity index (χ0n) is 11.5. The van der Waals surface area contributed by atoms with Gasteiger partial charge in [-0.15, -0.1) is 0 Å². The van der Waals surface area contributed by atoms with Crippen molar-refractivity contribution in [2.75, 3.05) is 0 Å². The van der Waals surface area contributed by atoms with Gasteiger partial charge in [-0.05, 0) is 44.4 Å². The topological polar surface area (TPSA) is 22.0 Å². The molecular formula is C16H15F2NO. The molecule has 0 bridgehead atoms. The molecule has 1 heterocycles. The number of rotatable bonds is 1. The van der Waals surface area contributed by atoms with Crippen LogP contribution in [0.5, 0.6) is 0 Å². The Morgan fingerprint density at radius 1 is 1.15 bits per heavy atom. The van der Waals surface area contributed by atoms with Gasteiger partial charge in [0.05, 0.1) is 0 Å². The van der Waals surface area contributed by atoms with Crippen LogP contribution in [0.1, 0.15) is 40.2 Å². The monoisotopic (exact) mass is 275 g/mol. The number of aryl methyl sites for hydroxylation is 2. The lowest BCUT2D eigenvalue weighted by molar-refractivity contribution is 0.0972. The van der Waals surface area contributed by atoms with E-state index in [4.69, 9.17) is 0 Å². The molecule has 104 valence electrons. The maximum Gasteiger partial charge on any atom is 0.164 e. The van der Waals surface area contributed by atoms with Gasteiger partial charge in [0.2, 0.25) is 0 Å². The van der Waals surface area contributed by atoms with Crippen LogP contribution < -0.4 is 0 Å². The normalized spacial score (nSPS) is 14.5. The van der Waals surface area contributed by atoms with E-state index in [1.807, 2.05) is 0 Å². The Bertz CT molecular complexity index is 716. The Labute approximate surface area is 116 Å². The molecular weight excluding hydrogens is 260 g/mol. The van der Waals surface area contributed by atoms with Crippen molar-refractivity contribution < 1.29 is 13.6 Å². The molecule has 2 aromatic rings. The van der Waals surface area contributed by atoms with Crippen molar-refractivity contribution in [2.24, 2.45) is 0 Å². The molecule has 0 radical (unpaired) electrons. The Balaban J connectivity index is 2.32. The van der Waals surface area contributed by atoms with Crippen molar-refractivity contribution in [1.29, 1.82) is 0 Å². The van der Waals surface area contributed by atoms with Gasteiger partial charge in [-0.1, -0.05) is 6.07 Å². The van der Waals surface area contributed by atoms with E-state index in [1.165, 1.54) is 12.1 Å². The average Bonchev–Trinajstić information content (AvgIpc) is 2.74. The second kappa shape index (κ2) is 4.54. The number of benzene rings is 1. The first-order chi connectivity index (χ1) is 9.50. The van der Waals surface area contributed by atoms with Crippen LogP contribution in [-0.4, -0.2) is 10.4 Å². The molecule has 1 aromatic carbocycles. The van der Waals surface area contributed by atoms with E-state index in [2.05, 4.69) is 0 Å². The number of aromatic nitrogens is 1. The van der Waals surface area contributed by atoms with Gasteiger partial charge in [-0.25, -0.2) is 8.78 Å². The standard InChI is InChI=1S/C16H15F2NO/c1-9-6-7-12(17)16(15(9)18)19-10(2)8-11-13(19)4-3-5-14(11)20/h6-8H,3-5H2,1-2H3. The highest BCUT2D eigenvalue weighted by atomic mass is 19.1. The molecule has 0 saturated carbocycles. The summed E-state index contributed by atoms with van der Waals surface area (Å²) < 4.78 is 30.0. The lowest BCUT2D eigenvalue weighted by Gasteiger charge is -2.17. The van der Waals surface area contributed by atoms with E-state index in [0.717, 1.165) is 12.1 Å². The third kappa shape index (κ3) is 1.79. The maximum atomic E-state index is 14.3. The van der Waals surface area contributed by atoms with Gasteiger partial charge in [0.1, 0.15) is 11.5 Å². The molecule has 0 saturated heterocycles. The second-order valence-corrected chi connectivity index (χ2v) is 5.29. The van der Waals surface area contributed by atoms with E-state index in [1.54, 1.807) is 24.5 Å². The first kappa shape index (κ1) is 13.0. The number of halogens is 2. The first-order valence-electron chi connectivity index (χ1n) is 6.70. The van der Waals surface area contributed by atoms with E-state index in [-0.39, 0.29) is 11.5 Å². The summed E-state index contributed by atoms with van der Waals surface area (Å²) >= 11 is 0. The van der Waals surface area contributed by atoms with Crippen molar-refractivity contribution >= 4 is 5.78 Å². The molecule has 2 nitrogen and oxygen atoms in total. The van der Waals surface area contributed by atoms with Crippen LogP contribution in [0.4, 0.5) is 8.78 Å². The smallest absolute Gasteiger partial charge is 0.164 e. The third-order valence-electron chi connectivity index (χ3n) is 3.89. The van der Waals surface area contributed by atoms with Crippen molar-refractivity contribution in [3.8, 4) is 5.69 Å². The van der Waals surface area contributed by atoms with Crippen LogP contribution in [0.25, 0.3) is 5.69 Å². The molecule has 0 unspecified atom stereocenters. The maximum absolute atomic E-state index is 14.3. The van der Waals surface area contributed by atoms with E-state index < -0.39 is 11.6 Å². The summed E-state index contributed by atoms with van der Waals surface area (Å²) in [5.74, 6) is -1.11. The minimum Gasteiger partial charge on any atom is -0.312 e. The number of hydrogen-bond acceptors (Lipinski definition) is 1. The number of fused-ring (bicyclic) bond motifs is 1. The van der Waals surface area contributed by atoms with Gasteiger partial charge in [0, 0.05) is 23.4 Å². The molecule has 20 heavy (non-hydrogen) atoms. The Kier molecular flexibility index (Phi) is 2.96. The van der Waals surface area contributed by atoms with Gasteiger partial charge >= 0.3 is 0 Å². The summed E-state index contributed by atoms with van der Waals surface area (Å²) in [5.41, 5.74) is 2.34. The predicted octanol–water partition coefficient (Wildman–Crippen LogP) is 3.89. The molecule has 0 aliphatic heterocycles. The molecule has 0 atom stereocenters. The minimum absolute atomic E-state index is 0.0570. The van der Waals surface area contributed by atoms with Crippen molar-refractivity contribution in [1.82, 2.24) is 4.57 Å². The summed E-state index contributed by atoms with van der Waals surface area (Å²) in [6.07, 6.45) is 1.90. The van der Waals surface area contributed by atoms with Crippen LogP contribution in [0.3, 0.4) is 0 Å². The lowest BCUT2D eigenvalue weighted by atomic mass is 9.96. The Morgan fingerprint density at radius 3 is 2.65 bits per heavy atom. The summed E-state index contributed by atoms with van der Waals surface area (Å²) in [7, 11) is 0. The fourth-order valence-electron chi connectivity index (χ4n) is 2.89. The van der Waals surface area contributed by atoms with E-state index in [0.29, 0.717) is 29.7 Å². The zero-order chi connectivity index (χ0) is 14.4. The molecule has 1 aromatic heterocycles. The number of ketones is 1. The quantitative estimate of drug-likeness (QED) is 0.774. The lowest BCUT2D eigenvalue weighted by Crippen LogP contribution is -2.14. The Hall–Kier alpha value is -1.97. The van der Waals surface area contributed by atoms with Crippen molar-refractivity contribution in [2.45, 2.75) is 33.1 Å². The van der Waals surface area contributed by atoms with Crippen LogP contribution in [0, 0.1) is 25.5 Å². The largest absolute Gasteiger partial charge is 0.312 e. The fraction of sp³-hybridized carbons (Fsp3) is 0.312. The molecule has 4 heteroatoms. The molecule has 3 rings (SSSR count). The van der Waals surface area contributed by atoms with Crippen molar-refractivity contribution in [3.05, 3.63) is 52.3 Å². The fourth-order valence-corrected chi connectivity index (χ4v) is 2.89. The van der Waals surface area contributed by atoms with Gasteiger partial charge in [-0.3, -0.25) is 4.79 Å². The van der Waals surface area contributed by atoms with E-state index in [9.17, 15) is 13.6 Å². The molecule has 0 spiro atoms. The highest BCUT2D eigenvalue weighted by molar-refractivity contribution is 5.98. The number of carbonyl (C=O) groups excluding carboxylic acids is 1. The van der Waals surface area contributed by atoms with Crippen LogP contribution in [0.15, 0.2) is 18.2 Å². The number of Topliss-reactive ketones (excluding diaryl/α,β-unsaturated/α-hetero) is 1. The summed E-state index contributed by atoms with van der Waals surface area (Å²) in [6.45, 7) is 3.38. The second-order valence-electron chi connectivity index (χ2n) is 5.29. The third-order valence-corrected chi connectivity index (χ3v) is 3.89. The van der Waals surface area contributed by atoms with Crippen LogP contribution in [-0.2, 0) is 6.42 Å². The SMILES string of the molecule is Cc1ccc(F)c(-n2c(C)cc3c2CCCC3=O)c1F. The predicted molar refractivity (Wildman–Crippen MR) is 72.4 cm³/mol. The summed E-state index contributed by atoms with van der Waals surface area (Å²) in [5, 5.41) is 0. The van der Waals surface area contributed by atoms with Crippen LogP contribution in [0.2, 0.25) is 0 Å². The van der Waals surface area contributed by atoms with Gasteiger partial charge < -0.3 is 4.57 Å². The van der Waals surface area contributed by atoms with Crippen LogP contribution >= 0.6 is 0 Å². The average molecular weight is 275 g/mol. The highest BCUT2D eigenvalue weighted by Crippen LogP contribution is 2.31. The Morgan fingerprint density at radius 2 is 1.90 bits per heavy atom. The first-order valence-corrected chi connectivity index (χ1v) is 6.70. The molecule has 0 amide bonds. The molecule has 1 aliphatic carbocycles. The highest BCUT2D eigenvalue weighted by Gasteiger charge is 2.26. The van der Waals surface area contributed by atoms with Gasteiger partial charge in [0.25, 0.3) is 0 Å². The van der Waals surface area contributed by atoms with Crippen molar-refractivity contribution in [3.63, 3.8) is 0 Å². The molecule has 0 fully saturated rings. The summed E-state index contributed by atoms with van der Waals surface area (Å²) in [6, 6.07) is 4.42. The number of carbonyl (C=O) groups is 1. The number of nitrogens with zero attached hydrogens (tertiary/aromatic N) is 1. The van der Waals surface area contributed by atoms with Gasteiger partial charge in [-0.2, -0.15) is 0 Å². The van der Waals surface area contributed by atoms with E-state index >= 15 is 0 Å². The summed E-state index contributed by atoms with van der Waals surface area (Å²) in [4.78, 5) is 11.9. The zero-order valence-corrected chi connectivity index (χ0v) is 11.5. The number of hydrogen-bond donors (Lipinski definition) is 0. The molecule has 1 aliphatic rings.